The number of sulfone groups is 1. The number of aromatic nitrogens is 2. The molecule has 238 valence electrons. The number of thioether (sulfide) groups is 1. The number of alkyl halides is 3. The Labute approximate surface area is 258 Å². The van der Waals surface area contributed by atoms with Gasteiger partial charge in [-0.25, -0.2) is 26.8 Å². The third kappa shape index (κ3) is 7.63. The molecular formula is C27H31F3N6O5S3. The number of halogens is 3. The van der Waals surface area contributed by atoms with Gasteiger partial charge in [0.15, 0.2) is 0 Å². The van der Waals surface area contributed by atoms with Crippen LogP contribution in [0.4, 0.5) is 24.7 Å². The molecule has 3 heterocycles. The lowest BCUT2D eigenvalue weighted by molar-refractivity contribution is -0.0435. The van der Waals surface area contributed by atoms with E-state index < -0.39 is 41.2 Å². The zero-order valence-electron chi connectivity index (χ0n) is 23.4. The monoisotopic (exact) mass is 672 g/mol. The molecule has 17 heteroatoms. The predicted octanol–water partition coefficient (Wildman–Crippen LogP) is 3.47. The molecule has 1 atom stereocenters. The molecular weight excluding hydrogens is 642 g/mol. The zero-order valence-corrected chi connectivity index (χ0v) is 25.8. The molecule has 0 radical (unpaired) electrons. The summed E-state index contributed by atoms with van der Waals surface area (Å²) >= 11 is 1.47. The molecule has 2 aliphatic heterocycles. The first-order valence-corrected chi connectivity index (χ1v) is 17.7. The highest BCUT2D eigenvalue weighted by atomic mass is 32.2. The van der Waals surface area contributed by atoms with Crippen LogP contribution < -0.4 is 15.4 Å². The standard InChI is InChI=1S/C27H31F3N6O5S3/c28-27(29,30)43(37,38)25-14-21(44(39,40)35-26-22-15-31-16-24(22)32-18-33-26)6-7-23(25)34-19(8-9-36-10-12-41-13-11-36)17-42-20-4-2-1-3-5-20/h1-7,14,18-19,31,34H,8-13,15-17H2,(H,32,33,35)/t19-/m1/s1. The van der Waals surface area contributed by atoms with Crippen molar-refractivity contribution < 1.29 is 34.7 Å². The second-order valence-corrected chi connectivity index (χ2v) is 14.9. The molecule has 2 aromatic carbocycles. The summed E-state index contributed by atoms with van der Waals surface area (Å²) in [6.07, 6.45) is 1.65. The SMILES string of the molecule is O=S(=O)(Nc1ncnc2c1CNC2)c1ccc(N[C@H](CCN2CCOCC2)CSc2ccccc2)c(S(=O)(=O)C(F)(F)F)c1. The molecule has 44 heavy (non-hydrogen) atoms. The number of rotatable bonds is 12. The first-order chi connectivity index (χ1) is 20.9. The van der Waals surface area contributed by atoms with Crippen LogP contribution in [0.25, 0.3) is 0 Å². The quantitative estimate of drug-likeness (QED) is 0.244. The minimum Gasteiger partial charge on any atom is -0.380 e. The number of ether oxygens (including phenoxy) is 1. The van der Waals surface area contributed by atoms with Crippen LogP contribution >= 0.6 is 11.8 Å². The summed E-state index contributed by atoms with van der Waals surface area (Å²) in [5, 5.41) is 6.01. The maximum absolute atomic E-state index is 13.9. The first kappa shape index (κ1) is 32.4. The molecule has 0 spiro atoms. The number of anilines is 2. The third-order valence-electron chi connectivity index (χ3n) is 7.17. The summed E-state index contributed by atoms with van der Waals surface area (Å²) in [5.74, 6) is 0.373. The van der Waals surface area contributed by atoms with Crippen molar-refractivity contribution in [3.8, 4) is 0 Å². The van der Waals surface area contributed by atoms with Crippen molar-refractivity contribution >= 4 is 43.1 Å². The van der Waals surface area contributed by atoms with E-state index in [-0.39, 0.29) is 18.1 Å². The van der Waals surface area contributed by atoms with E-state index in [2.05, 4.69) is 30.2 Å². The second kappa shape index (κ2) is 13.6. The minimum atomic E-state index is -5.94. The smallest absolute Gasteiger partial charge is 0.380 e. The summed E-state index contributed by atoms with van der Waals surface area (Å²) in [5.41, 5.74) is -4.93. The van der Waals surface area contributed by atoms with Crippen LogP contribution in [-0.2, 0) is 37.7 Å². The van der Waals surface area contributed by atoms with Gasteiger partial charge in [0, 0.05) is 55.0 Å². The summed E-state index contributed by atoms with van der Waals surface area (Å²) < 4.78 is 102. The van der Waals surface area contributed by atoms with Crippen molar-refractivity contribution in [2.45, 2.75) is 45.7 Å². The highest BCUT2D eigenvalue weighted by Gasteiger charge is 2.48. The summed E-state index contributed by atoms with van der Waals surface area (Å²) in [6, 6.07) is 11.6. The van der Waals surface area contributed by atoms with Gasteiger partial charge in [-0.2, -0.15) is 13.2 Å². The van der Waals surface area contributed by atoms with Crippen LogP contribution in [0, 0.1) is 0 Å². The zero-order chi connectivity index (χ0) is 31.4. The third-order valence-corrected chi connectivity index (χ3v) is 11.2. The van der Waals surface area contributed by atoms with Crippen molar-refractivity contribution in [3.05, 3.63) is 66.1 Å². The van der Waals surface area contributed by atoms with Gasteiger partial charge in [0.1, 0.15) is 17.0 Å². The van der Waals surface area contributed by atoms with Gasteiger partial charge in [-0.15, -0.1) is 11.8 Å². The molecule has 2 aliphatic rings. The van der Waals surface area contributed by atoms with Crippen molar-refractivity contribution in [3.63, 3.8) is 0 Å². The molecule has 1 saturated heterocycles. The Morgan fingerprint density at radius 3 is 2.50 bits per heavy atom. The molecule has 1 fully saturated rings. The van der Waals surface area contributed by atoms with Crippen LogP contribution in [0.2, 0.25) is 0 Å². The largest absolute Gasteiger partial charge is 0.501 e. The van der Waals surface area contributed by atoms with Crippen LogP contribution in [-0.4, -0.2) is 81.9 Å². The van der Waals surface area contributed by atoms with Gasteiger partial charge < -0.3 is 15.4 Å². The minimum absolute atomic E-state index is 0.0384. The number of sulfonamides is 1. The number of nitrogens with zero attached hydrogens (tertiary/aromatic N) is 3. The normalized spacial score (nSPS) is 16.8. The fourth-order valence-corrected chi connectivity index (χ4v) is 7.88. The average Bonchev–Trinajstić information content (AvgIpc) is 3.49. The van der Waals surface area contributed by atoms with Gasteiger partial charge >= 0.3 is 5.51 Å². The molecule has 1 aromatic heterocycles. The molecule has 0 aliphatic carbocycles. The molecule has 0 amide bonds. The Morgan fingerprint density at radius 2 is 1.77 bits per heavy atom. The van der Waals surface area contributed by atoms with Crippen molar-refractivity contribution in [2.24, 2.45) is 0 Å². The lowest BCUT2D eigenvalue weighted by Gasteiger charge is -2.29. The van der Waals surface area contributed by atoms with Gasteiger partial charge in [-0.05, 0) is 36.8 Å². The molecule has 0 bridgehead atoms. The number of fused-ring (bicyclic) bond motifs is 1. The number of morpholine rings is 1. The number of benzene rings is 2. The van der Waals surface area contributed by atoms with E-state index in [0.717, 1.165) is 17.0 Å². The van der Waals surface area contributed by atoms with Gasteiger partial charge in [-0.1, -0.05) is 18.2 Å². The Hall–Kier alpha value is -2.96. The van der Waals surface area contributed by atoms with Gasteiger partial charge in [-0.3, -0.25) is 9.62 Å². The first-order valence-electron chi connectivity index (χ1n) is 13.7. The summed E-state index contributed by atoms with van der Waals surface area (Å²) in [4.78, 5) is 9.32. The predicted molar refractivity (Wildman–Crippen MR) is 160 cm³/mol. The molecule has 11 nitrogen and oxygen atoms in total. The van der Waals surface area contributed by atoms with Gasteiger partial charge in [0.2, 0.25) is 0 Å². The lowest BCUT2D eigenvalue weighted by atomic mass is 10.2. The molecule has 3 N–H and O–H groups in total. The average molecular weight is 673 g/mol. The topological polar surface area (TPSA) is 143 Å². The van der Waals surface area contributed by atoms with Crippen molar-refractivity contribution in [1.82, 2.24) is 20.2 Å². The molecule has 3 aromatic rings. The molecule has 0 unspecified atom stereocenters. The fraction of sp³-hybridized carbons (Fsp3) is 0.407. The summed E-state index contributed by atoms with van der Waals surface area (Å²) in [6.45, 7) is 3.85. The van der Waals surface area contributed by atoms with Crippen LogP contribution in [0.3, 0.4) is 0 Å². The van der Waals surface area contributed by atoms with E-state index in [1.165, 1.54) is 18.1 Å². The highest BCUT2D eigenvalue weighted by Crippen LogP contribution is 2.37. The van der Waals surface area contributed by atoms with Crippen molar-refractivity contribution in [2.75, 3.05) is 48.6 Å². The van der Waals surface area contributed by atoms with Crippen molar-refractivity contribution in [1.29, 1.82) is 0 Å². The molecule has 5 rings (SSSR count). The number of hydrogen-bond donors (Lipinski definition) is 3. The highest BCUT2D eigenvalue weighted by molar-refractivity contribution is 7.99. The van der Waals surface area contributed by atoms with Crippen LogP contribution in [0.1, 0.15) is 17.7 Å². The second-order valence-electron chi connectivity index (χ2n) is 10.2. The fourth-order valence-electron chi connectivity index (χ4n) is 4.80. The Kier molecular flexibility index (Phi) is 10.0. The Balaban J connectivity index is 1.45. The van der Waals surface area contributed by atoms with E-state index in [4.69, 9.17) is 4.74 Å². The number of hydrogen-bond acceptors (Lipinski definition) is 11. The van der Waals surface area contributed by atoms with Crippen LogP contribution in [0.15, 0.2) is 69.5 Å². The number of nitrogens with one attached hydrogen (secondary N) is 3. The Bertz CT molecular complexity index is 1670. The maximum atomic E-state index is 13.9. The van der Waals surface area contributed by atoms with E-state index >= 15 is 0 Å². The van der Waals surface area contributed by atoms with Gasteiger partial charge in [0.25, 0.3) is 19.9 Å². The van der Waals surface area contributed by atoms with Crippen LogP contribution in [0.5, 0.6) is 0 Å². The van der Waals surface area contributed by atoms with E-state index in [0.29, 0.717) is 68.9 Å². The van der Waals surface area contributed by atoms with Gasteiger partial charge in [0.05, 0.1) is 29.5 Å². The molecule has 0 saturated carbocycles. The van der Waals surface area contributed by atoms with E-state index in [1.807, 2.05) is 30.3 Å². The summed E-state index contributed by atoms with van der Waals surface area (Å²) in [7, 11) is -10.5. The Morgan fingerprint density at radius 1 is 1.02 bits per heavy atom. The lowest BCUT2D eigenvalue weighted by Crippen LogP contribution is -2.39. The van der Waals surface area contributed by atoms with E-state index in [9.17, 15) is 30.0 Å². The maximum Gasteiger partial charge on any atom is 0.501 e. The van der Waals surface area contributed by atoms with E-state index in [1.54, 1.807) is 0 Å².